The number of amides is 2. The number of piperidine rings is 1. The SMILES string of the molecule is COc1ccc(NS(=O)(=O)c2ccc(N3C(=O)C(Cl)=C(N4CCCCC4)C3=O)cc2)cc1. The Hall–Kier alpha value is -3.04. The monoisotopic (exact) mass is 475 g/mol. The first kappa shape index (κ1) is 22.2. The number of hydrogen-bond donors (Lipinski definition) is 1. The van der Waals surface area contributed by atoms with Crippen LogP contribution >= 0.6 is 11.6 Å². The maximum absolute atomic E-state index is 13.0. The Bertz CT molecular complexity index is 1170. The van der Waals surface area contributed by atoms with Crippen molar-refractivity contribution in [2.24, 2.45) is 0 Å². The number of methoxy groups -OCH3 is 1. The molecule has 1 N–H and O–H groups in total. The van der Waals surface area contributed by atoms with Crippen LogP contribution in [0.5, 0.6) is 5.75 Å². The summed E-state index contributed by atoms with van der Waals surface area (Å²) in [6.07, 6.45) is 2.94. The maximum atomic E-state index is 13.0. The molecule has 0 radical (unpaired) electrons. The average molecular weight is 476 g/mol. The van der Waals surface area contributed by atoms with Crippen molar-refractivity contribution < 1.29 is 22.7 Å². The number of imide groups is 1. The third-order valence-electron chi connectivity index (χ3n) is 5.42. The molecule has 0 unspecified atom stereocenters. The average Bonchev–Trinajstić information content (AvgIpc) is 3.02. The lowest BCUT2D eigenvalue weighted by Crippen LogP contribution is -2.37. The minimum atomic E-state index is -3.86. The van der Waals surface area contributed by atoms with Gasteiger partial charge in [0, 0.05) is 18.8 Å². The normalized spacial score (nSPS) is 17.2. The van der Waals surface area contributed by atoms with E-state index in [0.29, 0.717) is 24.5 Å². The number of anilines is 2. The van der Waals surface area contributed by atoms with Crippen molar-refractivity contribution in [2.75, 3.05) is 29.8 Å². The molecule has 0 spiro atoms. The van der Waals surface area contributed by atoms with E-state index < -0.39 is 21.8 Å². The summed E-state index contributed by atoms with van der Waals surface area (Å²) in [4.78, 5) is 28.5. The van der Waals surface area contributed by atoms with E-state index in [-0.39, 0.29) is 21.3 Å². The van der Waals surface area contributed by atoms with Crippen molar-refractivity contribution in [1.29, 1.82) is 0 Å². The Morgan fingerprint density at radius 1 is 0.906 bits per heavy atom. The van der Waals surface area contributed by atoms with Gasteiger partial charge in [-0.3, -0.25) is 14.3 Å². The van der Waals surface area contributed by atoms with Gasteiger partial charge in [0.05, 0.1) is 17.7 Å². The molecule has 168 valence electrons. The van der Waals surface area contributed by atoms with Crippen LogP contribution in [0.25, 0.3) is 0 Å². The Morgan fingerprint density at radius 2 is 1.53 bits per heavy atom. The van der Waals surface area contributed by atoms with Crippen molar-refractivity contribution in [3.8, 4) is 5.75 Å². The quantitative estimate of drug-likeness (QED) is 0.644. The fourth-order valence-corrected chi connectivity index (χ4v) is 5.11. The van der Waals surface area contributed by atoms with Crippen molar-refractivity contribution in [3.63, 3.8) is 0 Å². The molecule has 1 fully saturated rings. The maximum Gasteiger partial charge on any atom is 0.283 e. The molecule has 2 amide bonds. The van der Waals surface area contributed by atoms with Crippen LogP contribution in [-0.4, -0.2) is 45.3 Å². The Balaban J connectivity index is 1.53. The van der Waals surface area contributed by atoms with Gasteiger partial charge in [0.15, 0.2) is 0 Å². The number of likely N-dealkylation sites (tertiary alicyclic amines) is 1. The largest absolute Gasteiger partial charge is 0.497 e. The first-order valence-electron chi connectivity index (χ1n) is 10.1. The summed E-state index contributed by atoms with van der Waals surface area (Å²) in [5.74, 6) is -0.494. The smallest absolute Gasteiger partial charge is 0.283 e. The number of benzene rings is 2. The molecule has 0 aliphatic carbocycles. The number of halogens is 1. The number of nitrogens with one attached hydrogen (secondary N) is 1. The number of rotatable bonds is 6. The number of sulfonamides is 1. The third-order valence-corrected chi connectivity index (χ3v) is 7.16. The van der Waals surface area contributed by atoms with Crippen LogP contribution in [0.4, 0.5) is 11.4 Å². The highest BCUT2D eigenvalue weighted by Gasteiger charge is 2.41. The van der Waals surface area contributed by atoms with Crippen molar-refractivity contribution >= 4 is 44.8 Å². The van der Waals surface area contributed by atoms with E-state index in [1.165, 1.54) is 31.4 Å². The highest BCUT2D eigenvalue weighted by atomic mass is 35.5. The predicted octanol–water partition coefficient (Wildman–Crippen LogP) is 3.31. The molecule has 2 heterocycles. The minimum Gasteiger partial charge on any atom is -0.497 e. The minimum absolute atomic E-state index is 0.00790. The van der Waals surface area contributed by atoms with Crippen LogP contribution in [-0.2, 0) is 19.6 Å². The van der Waals surface area contributed by atoms with E-state index in [4.69, 9.17) is 16.3 Å². The van der Waals surface area contributed by atoms with Crippen LogP contribution < -0.4 is 14.4 Å². The fraction of sp³-hybridized carbons (Fsp3) is 0.273. The Morgan fingerprint density at radius 3 is 2.12 bits per heavy atom. The lowest BCUT2D eigenvalue weighted by Gasteiger charge is -2.29. The fourth-order valence-electron chi connectivity index (χ4n) is 3.77. The summed E-state index contributed by atoms with van der Waals surface area (Å²) in [6, 6.07) is 12.0. The Kier molecular flexibility index (Phi) is 6.12. The van der Waals surface area contributed by atoms with Gasteiger partial charge in [-0.15, -0.1) is 0 Å². The second-order valence-electron chi connectivity index (χ2n) is 7.48. The van der Waals surface area contributed by atoms with Crippen LogP contribution in [0.3, 0.4) is 0 Å². The number of nitrogens with zero attached hydrogens (tertiary/aromatic N) is 2. The number of ether oxygens (including phenoxy) is 1. The van der Waals surface area contributed by atoms with E-state index in [0.717, 1.165) is 24.2 Å². The summed E-state index contributed by atoms with van der Waals surface area (Å²) < 4.78 is 33.0. The lowest BCUT2D eigenvalue weighted by atomic mass is 10.1. The molecule has 0 aromatic heterocycles. The summed E-state index contributed by atoms with van der Waals surface area (Å²) in [5.41, 5.74) is 0.852. The zero-order chi connectivity index (χ0) is 22.9. The summed E-state index contributed by atoms with van der Waals surface area (Å²) in [6.45, 7) is 1.35. The molecule has 0 bridgehead atoms. The molecule has 4 rings (SSSR count). The van der Waals surface area contributed by atoms with Gasteiger partial charge in [-0.25, -0.2) is 13.3 Å². The molecule has 8 nitrogen and oxygen atoms in total. The molecular formula is C22H22ClN3O5S. The van der Waals surface area contributed by atoms with Gasteiger partial charge in [-0.2, -0.15) is 0 Å². The van der Waals surface area contributed by atoms with Crippen LogP contribution in [0, 0.1) is 0 Å². The molecule has 0 saturated carbocycles. The molecule has 32 heavy (non-hydrogen) atoms. The molecule has 2 aliphatic heterocycles. The van der Waals surface area contributed by atoms with Gasteiger partial charge in [0.25, 0.3) is 21.8 Å². The van der Waals surface area contributed by atoms with E-state index in [2.05, 4.69) is 4.72 Å². The highest BCUT2D eigenvalue weighted by Crippen LogP contribution is 2.33. The summed E-state index contributed by atoms with van der Waals surface area (Å²) in [7, 11) is -2.34. The first-order valence-corrected chi connectivity index (χ1v) is 12.0. The summed E-state index contributed by atoms with van der Waals surface area (Å²) in [5, 5.41) is -0.102. The van der Waals surface area contributed by atoms with Gasteiger partial charge < -0.3 is 9.64 Å². The molecular weight excluding hydrogens is 454 g/mol. The summed E-state index contributed by atoms with van der Waals surface area (Å²) >= 11 is 6.23. The number of hydrogen-bond acceptors (Lipinski definition) is 6. The third kappa shape index (κ3) is 4.18. The van der Waals surface area contributed by atoms with E-state index >= 15 is 0 Å². The highest BCUT2D eigenvalue weighted by molar-refractivity contribution is 7.92. The predicted molar refractivity (Wildman–Crippen MR) is 121 cm³/mol. The van der Waals surface area contributed by atoms with Crippen LogP contribution in [0.2, 0.25) is 0 Å². The molecule has 2 aromatic rings. The van der Waals surface area contributed by atoms with Crippen LogP contribution in [0.1, 0.15) is 19.3 Å². The van der Waals surface area contributed by atoms with Gasteiger partial charge in [-0.1, -0.05) is 11.6 Å². The van der Waals surface area contributed by atoms with Crippen molar-refractivity contribution in [1.82, 2.24) is 4.90 Å². The number of carbonyl (C=O) groups is 2. The van der Waals surface area contributed by atoms with Gasteiger partial charge in [0.1, 0.15) is 16.5 Å². The number of carbonyl (C=O) groups excluding carboxylic acids is 2. The zero-order valence-electron chi connectivity index (χ0n) is 17.4. The van der Waals surface area contributed by atoms with E-state index in [1.54, 1.807) is 24.3 Å². The topological polar surface area (TPSA) is 96.0 Å². The lowest BCUT2D eigenvalue weighted by molar-refractivity contribution is -0.121. The molecule has 1 saturated heterocycles. The Labute approximate surface area is 191 Å². The van der Waals surface area contributed by atoms with E-state index in [1.807, 2.05) is 4.90 Å². The van der Waals surface area contributed by atoms with Gasteiger partial charge in [0.2, 0.25) is 0 Å². The zero-order valence-corrected chi connectivity index (χ0v) is 18.9. The first-order chi connectivity index (χ1) is 15.3. The molecule has 10 heteroatoms. The van der Waals surface area contributed by atoms with Crippen LogP contribution in [0.15, 0.2) is 64.2 Å². The molecule has 2 aromatic carbocycles. The molecule has 2 aliphatic rings. The van der Waals surface area contributed by atoms with Gasteiger partial charge >= 0.3 is 0 Å². The van der Waals surface area contributed by atoms with Crippen molar-refractivity contribution in [2.45, 2.75) is 24.2 Å². The van der Waals surface area contributed by atoms with E-state index in [9.17, 15) is 18.0 Å². The second-order valence-corrected chi connectivity index (χ2v) is 9.54. The molecule has 0 atom stereocenters. The van der Waals surface area contributed by atoms with Gasteiger partial charge in [-0.05, 0) is 67.8 Å². The van der Waals surface area contributed by atoms with Crippen molar-refractivity contribution in [3.05, 3.63) is 59.3 Å². The standard InChI is InChI=1S/C22H22ClN3O5S/c1-31-17-9-5-15(6-10-17)24-32(29,30)18-11-7-16(8-12-18)26-21(27)19(23)20(22(26)28)25-13-3-2-4-14-25/h5-12,24H,2-4,13-14H2,1H3. The second kappa shape index (κ2) is 8.84.